The first kappa shape index (κ1) is 30.7. The fourth-order valence-electron chi connectivity index (χ4n) is 4.36. The Balaban J connectivity index is 1.76. The molecule has 6 nitrogen and oxygen atoms in total. The molecule has 2 heterocycles. The Morgan fingerprint density at radius 2 is 1.36 bits per heavy atom. The molecular formula is C27H20F9N3O3. The van der Waals surface area contributed by atoms with Gasteiger partial charge in [-0.2, -0.15) is 13.2 Å². The third kappa shape index (κ3) is 7.31. The van der Waals surface area contributed by atoms with E-state index in [9.17, 15) is 44.3 Å². The second kappa shape index (κ2) is 10.8. The molecule has 4 rings (SSSR count). The van der Waals surface area contributed by atoms with Crippen LogP contribution in [0.15, 0.2) is 71.7 Å². The fourth-order valence-corrected chi connectivity index (χ4v) is 4.36. The number of amides is 1. The first-order chi connectivity index (χ1) is 19.3. The molecule has 42 heavy (non-hydrogen) atoms. The van der Waals surface area contributed by atoms with Gasteiger partial charge in [0.05, 0.1) is 17.3 Å². The Morgan fingerprint density at radius 1 is 0.786 bits per heavy atom. The number of nitrogens with zero attached hydrogens (tertiary/aromatic N) is 3. The van der Waals surface area contributed by atoms with Crippen molar-refractivity contribution < 1.29 is 53.8 Å². The highest BCUT2D eigenvalue weighted by molar-refractivity contribution is 6.46. The normalized spacial score (nSPS) is 17.6. The quantitative estimate of drug-likeness (QED) is 0.270. The summed E-state index contributed by atoms with van der Waals surface area (Å²) in [6.07, 6.45) is -14.9. The smallest absolute Gasteiger partial charge is 0.406 e. The van der Waals surface area contributed by atoms with Gasteiger partial charge in [-0.25, -0.2) is 4.98 Å². The molecule has 1 saturated heterocycles. The zero-order chi connectivity index (χ0) is 31.1. The summed E-state index contributed by atoms with van der Waals surface area (Å²) in [5.41, 5.74) is -2.67. The van der Waals surface area contributed by atoms with Gasteiger partial charge in [-0.1, -0.05) is 18.2 Å². The van der Waals surface area contributed by atoms with E-state index in [1.165, 1.54) is 32.0 Å². The number of anilines is 1. The summed E-state index contributed by atoms with van der Waals surface area (Å²) in [5, 5.41) is 0. The molecule has 0 bridgehead atoms. The molecule has 0 radical (unpaired) electrons. The molecule has 15 heteroatoms. The number of hydrogen-bond acceptors (Lipinski definition) is 5. The number of carbonyl (C=O) groups is 1. The van der Waals surface area contributed by atoms with E-state index < -0.39 is 53.6 Å². The van der Waals surface area contributed by atoms with Gasteiger partial charge in [0.25, 0.3) is 5.91 Å². The van der Waals surface area contributed by atoms with Gasteiger partial charge < -0.3 is 9.47 Å². The van der Waals surface area contributed by atoms with Crippen LogP contribution in [0.2, 0.25) is 0 Å². The molecule has 1 aliphatic heterocycles. The maximum absolute atomic E-state index is 13.6. The lowest BCUT2D eigenvalue weighted by Gasteiger charge is -2.25. The fraction of sp³-hybridized carbons (Fsp3) is 0.296. The van der Waals surface area contributed by atoms with Crippen LogP contribution in [0, 0.1) is 0 Å². The molecule has 1 amide bonds. The average molecular weight is 605 g/mol. The molecular weight excluding hydrogens is 585 g/mol. The SMILES string of the molecule is CC(C)(N=C1C[C@H](c2cccc(OC(F)(F)F)c2)N(c2ccc(OC(F)(F)F)cc2)C1=O)c1cccc(C(F)(F)F)n1. The Labute approximate surface area is 232 Å². The lowest BCUT2D eigenvalue weighted by atomic mass is 9.99. The van der Waals surface area contributed by atoms with Crippen molar-refractivity contribution in [1.82, 2.24) is 4.98 Å². The zero-order valence-electron chi connectivity index (χ0n) is 21.6. The Kier molecular flexibility index (Phi) is 7.91. The van der Waals surface area contributed by atoms with Crippen molar-refractivity contribution in [3.8, 4) is 11.5 Å². The van der Waals surface area contributed by atoms with E-state index in [0.29, 0.717) is 0 Å². The second-order valence-corrected chi connectivity index (χ2v) is 9.58. The van der Waals surface area contributed by atoms with Gasteiger partial charge >= 0.3 is 18.9 Å². The Bertz CT molecular complexity index is 1480. The highest BCUT2D eigenvalue weighted by atomic mass is 19.4. The average Bonchev–Trinajstić information content (AvgIpc) is 3.17. The number of aromatic nitrogens is 1. The minimum absolute atomic E-state index is 0.0573. The largest absolute Gasteiger partial charge is 0.573 e. The Morgan fingerprint density at radius 3 is 1.95 bits per heavy atom. The summed E-state index contributed by atoms with van der Waals surface area (Å²) in [7, 11) is 0. The summed E-state index contributed by atoms with van der Waals surface area (Å²) < 4.78 is 124. The third-order valence-corrected chi connectivity index (χ3v) is 6.07. The number of rotatable bonds is 6. The molecule has 1 atom stereocenters. The lowest BCUT2D eigenvalue weighted by molar-refractivity contribution is -0.275. The number of ether oxygens (including phenoxy) is 2. The number of alkyl halides is 9. The molecule has 1 aromatic heterocycles. The monoisotopic (exact) mass is 605 g/mol. The van der Waals surface area contributed by atoms with Gasteiger partial charge in [0, 0.05) is 12.1 Å². The summed E-state index contributed by atoms with van der Waals surface area (Å²) in [6, 6.07) is 11.1. The molecule has 0 N–H and O–H groups in total. The minimum atomic E-state index is -5.01. The molecule has 0 spiro atoms. The predicted octanol–water partition coefficient (Wildman–Crippen LogP) is 7.75. The van der Waals surface area contributed by atoms with Gasteiger partial charge in [0.2, 0.25) is 0 Å². The zero-order valence-corrected chi connectivity index (χ0v) is 21.6. The van der Waals surface area contributed by atoms with Crippen LogP contribution >= 0.6 is 0 Å². The number of halogens is 9. The van der Waals surface area contributed by atoms with Crippen molar-refractivity contribution in [2.45, 2.75) is 50.8 Å². The number of hydrogen-bond donors (Lipinski definition) is 0. The maximum atomic E-state index is 13.6. The van der Waals surface area contributed by atoms with Crippen LogP contribution in [0.1, 0.15) is 43.3 Å². The molecule has 224 valence electrons. The van der Waals surface area contributed by atoms with Crippen molar-refractivity contribution in [2.24, 2.45) is 4.99 Å². The minimum Gasteiger partial charge on any atom is -0.406 e. The molecule has 0 unspecified atom stereocenters. The second-order valence-electron chi connectivity index (χ2n) is 9.58. The highest BCUT2D eigenvalue weighted by Gasteiger charge is 2.41. The van der Waals surface area contributed by atoms with Crippen LogP contribution in [-0.4, -0.2) is 29.3 Å². The van der Waals surface area contributed by atoms with Crippen LogP contribution in [0.5, 0.6) is 11.5 Å². The Hall–Kier alpha value is -4.30. The topological polar surface area (TPSA) is 64.0 Å². The van der Waals surface area contributed by atoms with E-state index in [1.54, 1.807) is 0 Å². The van der Waals surface area contributed by atoms with Gasteiger partial charge in [0.15, 0.2) is 0 Å². The molecule has 2 aromatic carbocycles. The van der Waals surface area contributed by atoms with E-state index in [1.807, 2.05) is 0 Å². The maximum Gasteiger partial charge on any atom is 0.573 e. The van der Waals surface area contributed by atoms with Crippen molar-refractivity contribution >= 4 is 17.3 Å². The third-order valence-electron chi connectivity index (χ3n) is 6.07. The number of carbonyl (C=O) groups excluding carboxylic acids is 1. The van der Waals surface area contributed by atoms with Crippen LogP contribution in [0.25, 0.3) is 0 Å². The van der Waals surface area contributed by atoms with Crippen LogP contribution in [0.4, 0.5) is 45.2 Å². The van der Waals surface area contributed by atoms with Crippen LogP contribution in [0.3, 0.4) is 0 Å². The van der Waals surface area contributed by atoms with Crippen molar-refractivity contribution in [3.63, 3.8) is 0 Å². The predicted molar refractivity (Wildman–Crippen MR) is 131 cm³/mol. The first-order valence-electron chi connectivity index (χ1n) is 12.0. The van der Waals surface area contributed by atoms with Crippen molar-refractivity contribution in [2.75, 3.05) is 4.90 Å². The van der Waals surface area contributed by atoms with E-state index in [-0.39, 0.29) is 29.1 Å². The standard InChI is InChI=1S/C27H20F9N3O3/c1-24(2,21-7-4-8-22(37-21)25(28,29)30)38-19-14-20(15-5-3-6-18(13-15)42-27(34,35)36)39(23(19)40)16-9-11-17(12-10-16)41-26(31,32)33/h3-13,20H,14H2,1-2H3/t20-/m1/s1. The highest BCUT2D eigenvalue weighted by Crippen LogP contribution is 2.40. The molecule has 0 saturated carbocycles. The molecule has 1 fully saturated rings. The van der Waals surface area contributed by atoms with E-state index in [0.717, 1.165) is 53.4 Å². The van der Waals surface area contributed by atoms with Crippen molar-refractivity contribution in [1.29, 1.82) is 0 Å². The summed E-state index contributed by atoms with van der Waals surface area (Å²) in [6.45, 7) is 2.85. The number of benzene rings is 2. The summed E-state index contributed by atoms with van der Waals surface area (Å²) >= 11 is 0. The molecule has 3 aromatic rings. The number of pyridine rings is 1. The van der Waals surface area contributed by atoms with Crippen molar-refractivity contribution in [3.05, 3.63) is 83.7 Å². The summed E-state index contributed by atoms with van der Waals surface area (Å²) in [4.78, 5) is 22.8. The molecule has 0 aliphatic carbocycles. The molecule has 1 aliphatic rings. The van der Waals surface area contributed by atoms with Gasteiger partial charge in [0.1, 0.15) is 22.9 Å². The van der Waals surface area contributed by atoms with E-state index in [4.69, 9.17) is 0 Å². The summed E-state index contributed by atoms with van der Waals surface area (Å²) in [5.74, 6) is -1.94. The van der Waals surface area contributed by atoms with Crippen LogP contribution < -0.4 is 14.4 Å². The van der Waals surface area contributed by atoms with Crippen LogP contribution in [-0.2, 0) is 16.5 Å². The first-order valence-corrected chi connectivity index (χ1v) is 12.0. The van der Waals surface area contributed by atoms with E-state index >= 15 is 0 Å². The van der Waals surface area contributed by atoms with E-state index in [2.05, 4.69) is 19.5 Å². The van der Waals surface area contributed by atoms with Gasteiger partial charge in [-0.3, -0.25) is 14.7 Å². The lowest BCUT2D eigenvalue weighted by Crippen LogP contribution is -2.30. The van der Waals surface area contributed by atoms with Gasteiger partial charge in [-0.15, -0.1) is 26.3 Å². The van der Waals surface area contributed by atoms with Gasteiger partial charge in [-0.05, 0) is 67.9 Å². The number of aliphatic imine (C=N–C) groups is 1.